The van der Waals surface area contributed by atoms with Crippen LogP contribution in [-0.2, 0) is 0 Å². The molecule has 3 aromatic rings. The topological polar surface area (TPSA) is 111 Å². The molecular weight excluding hydrogens is 556 g/mol. The van der Waals surface area contributed by atoms with Crippen LogP contribution in [0.3, 0.4) is 0 Å². The summed E-state index contributed by atoms with van der Waals surface area (Å²) in [6, 6.07) is 9.89. The number of fused-ring (bicyclic) bond motifs is 4. The lowest BCUT2D eigenvalue weighted by atomic mass is 9.98. The lowest BCUT2D eigenvalue weighted by molar-refractivity contribution is 0.0601. The average Bonchev–Trinajstić information content (AvgIpc) is 3.64. The van der Waals surface area contributed by atoms with Gasteiger partial charge in [-0.15, -0.1) is 0 Å². The van der Waals surface area contributed by atoms with Gasteiger partial charge < -0.3 is 35.0 Å². The van der Waals surface area contributed by atoms with Crippen molar-refractivity contribution in [3.63, 3.8) is 0 Å². The third-order valence-corrected chi connectivity index (χ3v) is 8.83. The molecule has 12 heteroatoms. The van der Waals surface area contributed by atoms with Gasteiger partial charge in [0.05, 0.1) is 29.6 Å². The number of ether oxygens (including phenoxy) is 1. The van der Waals surface area contributed by atoms with Gasteiger partial charge in [-0.05, 0) is 56.7 Å². The predicted octanol–water partition coefficient (Wildman–Crippen LogP) is 3.35. The molecule has 2 N–H and O–H groups in total. The van der Waals surface area contributed by atoms with Gasteiger partial charge in [0.2, 0.25) is 5.96 Å². The molecule has 1 aromatic carbocycles. The number of piperidine rings is 1. The van der Waals surface area contributed by atoms with Crippen LogP contribution in [0.4, 0.5) is 17.3 Å². The van der Waals surface area contributed by atoms with Gasteiger partial charge in [-0.25, -0.2) is 9.98 Å². The Hall–Kier alpha value is -4.06. The number of nitrogens with two attached hydrogens (primary N) is 1. The number of hydrogen-bond donors (Lipinski definition) is 1. The van der Waals surface area contributed by atoms with E-state index in [2.05, 4.69) is 29.0 Å². The van der Waals surface area contributed by atoms with Crippen molar-refractivity contribution in [1.82, 2.24) is 29.3 Å². The smallest absolute Gasteiger partial charge is 0.258 e. The van der Waals surface area contributed by atoms with Crippen LogP contribution < -0.4 is 20.3 Å². The molecule has 0 radical (unpaired) electrons. The van der Waals surface area contributed by atoms with Crippen LogP contribution in [0, 0.1) is 0 Å². The quantitative estimate of drug-likeness (QED) is 0.349. The van der Waals surface area contributed by atoms with Crippen molar-refractivity contribution in [1.29, 1.82) is 0 Å². The molecule has 2 aromatic heterocycles. The van der Waals surface area contributed by atoms with Crippen LogP contribution in [0.1, 0.15) is 60.6 Å². The maximum atomic E-state index is 14.4. The van der Waals surface area contributed by atoms with E-state index in [0.29, 0.717) is 30.2 Å². The van der Waals surface area contributed by atoms with Crippen LogP contribution in [0.5, 0.6) is 5.75 Å². The van der Waals surface area contributed by atoms with Crippen LogP contribution in [0.2, 0.25) is 0 Å². The molecule has 1 amide bonds. The van der Waals surface area contributed by atoms with Crippen molar-refractivity contribution in [3.05, 3.63) is 41.6 Å². The summed E-state index contributed by atoms with van der Waals surface area (Å²) in [5.41, 5.74) is 9.16. The Balaban J connectivity index is 1.43. The highest BCUT2D eigenvalue weighted by Crippen LogP contribution is 2.36. The molecule has 6 rings (SSSR count). The van der Waals surface area contributed by atoms with Gasteiger partial charge in [0, 0.05) is 79.6 Å². The maximum absolute atomic E-state index is 14.4. The molecule has 2 atom stereocenters. The summed E-state index contributed by atoms with van der Waals surface area (Å²) >= 11 is 0. The number of guanidine groups is 1. The second-order valence-corrected chi connectivity index (χ2v) is 12.7. The zero-order valence-corrected chi connectivity index (χ0v) is 26.7. The lowest BCUT2D eigenvalue weighted by Gasteiger charge is -2.35. The molecule has 3 aliphatic rings. The van der Waals surface area contributed by atoms with Crippen molar-refractivity contribution in [2.45, 2.75) is 50.6 Å². The summed E-state index contributed by atoms with van der Waals surface area (Å²) < 4.78 is 8.25. The van der Waals surface area contributed by atoms with E-state index in [1.165, 1.54) is 0 Å². The van der Waals surface area contributed by atoms with Gasteiger partial charge in [0.1, 0.15) is 17.4 Å². The zero-order valence-electron chi connectivity index (χ0n) is 26.7. The van der Waals surface area contributed by atoms with E-state index in [1.54, 1.807) is 0 Å². The van der Waals surface area contributed by atoms with E-state index < -0.39 is 0 Å². The fourth-order valence-corrected chi connectivity index (χ4v) is 6.54. The Kier molecular flexibility index (Phi) is 8.53. The first-order chi connectivity index (χ1) is 21.2. The van der Waals surface area contributed by atoms with Crippen molar-refractivity contribution in [3.8, 4) is 5.75 Å². The first kappa shape index (κ1) is 30.0. The monoisotopic (exact) mass is 602 g/mol. The molecule has 5 heterocycles. The normalized spacial score (nSPS) is 21.0. The third-order valence-electron chi connectivity index (χ3n) is 8.83. The number of carbonyl (C=O) groups excluding carboxylic acids is 1. The fraction of sp³-hybridized carbons (Fsp3) is 0.562. The predicted molar refractivity (Wildman–Crippen MR) is 174 cm³/mol. The number of aromatic nitrogens is 3. The maximum Gasteiger partial charge on any atom is 0.258 e. The van der Waals surface area contributed by atoms with E-state index in [-0.39, 0.29) is 18.0 Å². The van der Waals surface area contributed by atoms with Gasteiger partial charge in [-0.2, -0.15) is 9.61 Å². The highest BCUT2D eigenvalue weighted by Gasteiger charge is 2.33. The molecule has 2 fully saturated rings. The van der Waals surface area contributed by atoms with Gasteiger partial charge in [-0.1, -0.05) is 0 Å². The van der Waals surface area contributed by atoms with E-state index in [9.17, 15) is 4.79 Å². The number of anilines is 2. The van der Waals surface area contributed by atoms with Crippen LogP contribution in [0.15, 0.2) is 35.3 Å². The second kappa shape index (κ2) is 12.5. The summed E-state index contributed by atoms with van der Waals surface area (Å²) in [4.78, 5) is 34.8. The number of hydrogen-bond acceptors (Lipinski definition) is 8. The van der Waals surface area contributed by atoms with E-state index in [0.717, 1.165) is 87.1 Å². The molecule has 0 spiro atoms. The summed E-state index contributed by atoms with van der Waals surface area (Å²) in [5, 5.41) is 5.12. The molecule has 0 aliphatic carbocycles. The highest BCUT2D eigenvalue weighted by molar-refractivity contribution is 5.98. The van der Waals surface area contributed by atoms with Gasteiger partial charge in [0.15, 0.2) is 5.65 Å². The summed E-state index contributed by atoms with van der Waals surface area (Å²) in [5.74, 6) is 3.26. The largest absolute Gasteiger partial charge is 0.493 e. The minimum Gasteiger partial charge on any atom is -0.493 e. The third kappa shape index (κ3) is 5.99. The van der Waals surface area contributed by atoms with E-state index in [4.69, 9.17) is 25.5 Å². The summed E-state index contributed by atoms with van der Waals surface area (Å²) in [6.07, 6.45) is 5.55. The van der Waals surface area contributed by atoms with Crippen molar-refractivity contribution in [2.75, 3.05) is 77.8 Å². The second-order valence-electron chi connectivity index (χ2n) is 12.7. The molecule has 3 aliphatic heterocycles. The molecular formula is C32H46N10O2. The number of nitrogens with zero attached hydrogens (tertiary/aromatic N) is 9. The lowest BCUT2D eigenvalue weighted by Crippen LogP contribution is -2.39. The van der Waals surface area contributed by atoms with Crippen LogP contribution >= 0.6 is 0 Å². The van der Waals surface area contributed by atoms with Crippen molar-refractivity contribution >= 4 is 34.8 Å². The SMILES string of the molecule is CN(C)C(=Nc1ccc2c(c1)C(=O)N1CCCCC1c1cc3nc(N4CC[C@H](N)C4)cc(n3n1)N(C)CCCCO2)N(C)C. The number of aliphatic imine (C=N–C) groups is 1. The van der Waals surface area contributed by atoms with Crippen LogP contribution in [-0.4, -0.2) is 115 Å². The van der Waals surface area contributed by atoms with E-state index >= 15 is 0 Å². The molecule has 0 saturated carbocycles. The Labute approximate surface area is 260 Å². The summed E-state index contributed by atoms with van der Waals surface area (Å²) in [6.45, 7) is 3.71. The molecule has 2 bridgehead atoms. The van der Waals surface area contributed by atoms with Gasteiger partial charge in [0.25, 0.3) is 5.91 Å². The van der Waals surface area contributed by atoms with Crippen LogP contribution in [0.25, 0.3) is 5.65 Å². The number of amides is 1. The Morgan fingerprint density at radius 3 is 2.55 bits per heavy atom. The minimum atomic E-state index is -0.163. The Bertz CT molecular complexity index is 1520. The van der Waals surface area contributed by atoms with Gasteiger partial charge in [-0.3, -0.25) is 4.79 Å². The highest BCUT2D eigenvalue weighted by atomic mass is 16.5. The first-order valence-corrected chi connectivity index (χ1v) is 15.8. The molecule has 12 nitrogen and oxygen atoms in total. The molecule has 1 unspecified atom stereocenters. The zero-order chi connectivity index (χ0) is 31.0. The molecule has 236 valence electrons. The van der Waals surface area contributed by atoms with Gasteiger partial charge >= 0.3 is 0 Å². The van der Waals surface area contributed by atoms with Crippen molar-refractivity contribution < 1.29 is 9.53 Å². The van der Waals surface area contributed by atoms with E-state index in [1.807, 2.05) is 65.6 Å². The number of rotatable bonds is 2. The molecule has 44 heavy (non-hydrogen) atoms. The Morgan fingerprint density at radius 2 is 1.80 bits per heavy atom. The number of benzene rings is 1. The van der Waals surface area contributed by atoms with Crippen molar-refractivity contribution in [2.24, 2.45) is 10.7 Å². The summed E-state index contributed by atoms with van der Waals surface area (Å²) in [7, 11) is 9.95. The Morgan fingerprint density at radius 1 is 1.00 bits per heavy atom. The standard InChI is InChI=1S/C32H46N10O2/c1-37(2)32(38(3)4)34-23-11-12-27-24(18-23)31(43)41-15-7-6-10-26(41)25-19-29-35-28(40-16-13-22(33)21-40)20-30(42(29)36-25)39(5)14-8-9-17-44-27/h11-12,18-20,22,26H,6-10,13-17,21,33H2,1-5H3/t22-,26?/m0/s1. The number of carbonyl (C=O) groups is 1. The molecule has 2 saturated heterocycles. The minimum absolute atomic E-state index is 0.0537. The first-order valence-electron chi connectivity index (χ1n) is 15.8. The average molecular weight is 603 g/mol. The fourth-order valence-electron chi connectivity index (χ4n) is 6.54.